The summed E-state index contributed by atoms with van der Waals surface area (Å²) in [6, 6.07) is 4.25. The number of likely N-dealkylation sites (N-methyl/N-ethyl adjacent to an activating group) is 1. The molecular formula is C18H25N3OS. The van der Waals surface area contributed by atoms with Crippen LogP contribution in [0.4, 0.5) is 5.13 Å². The van der Waals surface area contributed by atoms with Crippen LogP contribution in [0.2, 0.25) is 0 Å². The summed E-state index contributed by atoms with van der Waals surface area (Å²) in [5.74, 6) is 0.957. The molecule has 23 heavy (non-hydrogen) atoms. The highest BCUT2D eigenvalue weighted by molar-refractivity contribution is 7.22. The summed E-state index contributed by atoms with van der Waals surface area (Å²) in [7, 11) is 1.97. The molecule has 124 valence electrons. The van der Waals surface area contributed by atoms with E-state index in [2.05, 4.69) is 32.9 Å². The highest BCUT2D eigenvalue weighted by atomic mass is 32.1. The molecule has 0 unspecified atom stereocenters. The van der Waals surface area contributed by atoms with Crippen LogP contribution in [0, 0.1) is 19.8 Å². The smallest absolute Gasteiger partial charge is 0.242 e. The van der Waals surface area contributed by atoms with Crippen molar-refractivity contribution in [3.8, 4) is 0 Å². The van der Waals surface area contributed by atoms with Crippen molar-refractivity contribution < 1.29 is 4.79 Å². The zero-order valence-electron chi connectivity index (χ0n) is 14.4. The molecule has 2 heterocycles. The molecule has 1 saturated heterocycles. The van der Waals surface area contributed by atoms with Crippen LogP contribution in [0.1, 0.15) is 30.9 Å². The Labute approximate surface area is 142 Å². The third kappa shape index (κ3) is 3.34. The Morgan fingerprint density at radius 1 is 1.30 bits per heavy atom. The van der Waals surface area contributed by atoms with Gasteiger partial charge in [-0.25, -0.2) is 4.98 Å². The van der Waals surface area contributed by atoms with Crippen LogP contribution in [0.3, 0.4) is 0 Å². The Hall–Kier alpha value is -1.62. The summed E-state index contributed by atoms with van der Waals surface area (Å²) >= 11 is 1.68. The van der Waals surface area contributed by atoms with Gasteiger partial charge in [-0.3, -0.25) is 4.79 Å². The number of hydrogen-bond acceptors (Lipinski definition) is 4. The van der Waals surface area contributed by atoms with Gasteiger partial charge < -0.3 is 9.80 Å². The Bertz CT molecular complexity index is 677. The number of aromatic nitrogens is 1. The number of amides is 1. The summed E-state index contributed by atoms with van der Waals surface area (Å²) in [4.78, 5) is 21.2. The fourth-order valence-corrected chi connectivity index (χ4v) is 4.11. The number of benzene rings is 1. The van der Waals surface area contributed by atoms with E-state index in [1.807, 2.05) is 16.8 Å². The zero-order valence-corrected chi connectivity index (χ0v) is 15.2. The highest BCUT2D eigenvalue weighted by Crippen LogP contribution is 2.32. The molecule has 5 heteroatoms. The van der Waals surface area contributed by atoms with Gasteiger partial charge >= 0.3 is 0 Å². The number of anilines is 1. The van der Waals surface area contributed by atoms with E-state index in [0.29, 0.717) is 6.54 Å². The van der Waals surface area contributed by atoms with Crippen LogP contribution in [0.25, 0.3) is 10.2 Å². The SMILES string of the molecule is Cc1ccc(C)c2sc(N(C)CC(=O)N3CCC(C)CC3)nc12. The number of fused-ring (bicyclic) bond motifs is 1. The minimum Gasteiger partial charge on any atom is -0.342 e. The van der Waals surface area contributed by atoms with E-state index in [0.717, 1.165) is 42.5 Å². The third-order valence-corrected chi connectivity index (χ3v) is 6.07. The van der Waals surface area contributed by atoms with Gasteiger partial charge in [0.15, 0.2) is 5.13 Å². The van der Waals surface area contributed by atoms with E-state index >= 15 is 0 Å². The molecule has 2 aromatic rings. The lowest BCUT2D eigenvalue weighted by Gasteiger charge is -2.31. The fraction of sp³-hybridized carbons (Fsp3) is 0.556. The first-order chi connectivity index (χ1) is 11.0. The van der Waals surface area contributed by atoms with E-state index in [-0.39, 0.29) is 5.91 Å². The second kappa shape index (κ2) is 6.48. The van der Waals surface area contributed by atoms with Gasteiger partial charge in [0.1, 0.15) is 0 Å². The first-order valence-corrected chi connectivity index (χ1v) is 9.13. The molecule has 3 rings (SSSR count). The lowest BCUT2D eigenvalue weighted by atomic mass is 9.99. The van der Waals surface area contributed by atoms with Crippen molar-refractivity contribution >= 4 is 32.6 Å². The quantitative estimate of drug-likeness (QED) is 0.862. The van der Waals surface area contributed by atoms with Crippen LogP contribution in [0.15, 0.2) is 12.1 Å². The largest absolute Gasteiger partial charge is 0.342 e. The normalized spacial score (nSPS) is 16.1. The maximum atomic E-state index is 12.5. The predicted molar refractivity (Wildman–Crippen MR) is 97.3 cm³/mol. The van der Waals surface area contributed by atoms with E-state index < -0.39 is 0 Å². The van der Waals surface area contributed by atoms with Gasteiger partial charge in [-0.15, -0.1) is 0 Å². The number of hydrogen-bond donors (Lipinski definition) is 0. The summed E-state index contributed by atoms with van der Waals surface area (Å²) in [5.41, 5.74) is 3.51. The number of aryl methyl sites for hydroxylation is 2. The third-order valence-electron chi connectivity index (χ3n) is 4.77. The van der Waals surface area contributed by atoms with Crippen molar-refractivity contribution in [2.75, 3.05) is 31.6 Å². The molecule has 0 N–H and O–H groups in total. The Morgan fingerprint density at radius 3 is 2.61 bits per heavy atom. The molecule has 0 bridgehead atoms. The molecule has 0 radical (unpaired) electrons. The summed E-state index contributed by atoms with van der Waals surface area (Å²) < 4.78 is 1.23. The standard InChI is InChI=1S/C18H25N3OS/c1-12-7-9-21(10-8-12)15(22)11-20(4)18-19-16-13(2)5-6-14(3)17(16)23-18/h5-6,12H,7-11H2,1-4H3. The summed E-state index contributed by atoms with van der Waals surface area (Å²) in [6.45, 7) is 8.67. The molecule has 1 fully saturated rings. The average Bonchev–Trinajstić information content (AvgIpc) is 2.98. The number of carbonyl (C=O) groups excluding carboxylic acids is 1. The average molecular weight is 331 g/mol. The highest BCUT2D eigenvalue weighted by Gasteiger charge is 2.22. The minimum atomic E-state index is 0.215. The van der Waals surface area contributed by atoms with Crippen molar-refractivity contribution in [2.45, 2.75) is 33.6 Å². The van der Waals surface area contributed by atoms with Crippen molar-refractivity contribution in [3.05, 3.63) is 23.3 Å². The van der Waals surface area contributed by atoms with Gasteiger partial charge in [0.05, 0.1) is 16.8 Å². The topological polar surface area (TPSA) is 36.4 Å². The van der Waals surface area contributed by atoms with Gasteiger partial charge in [-0.1, -0.05) is 30.4 Å². The number of carbonyl (C=O) groups is 1. The number of rotatable bonds is 3. The van der Waals surface area contributed by atoms with E-state index in [4.69, 9.17) is 4.98 Å². The van der Waals surface area contributed by atoms with Gasteiger partial charge in [0.2, 0.25) is 5.91 Å². The molecule has 0 spiro atoms. The summed E-state index contributed by atoms with van der Waals surface area (Å²) in [5, 5.41) is 0.927. The van der Waals surface area contributed by atoms with Crippen molar-refractivity contribution in [3.63, 3.8) is 0 Å². The van der Waals surface area contributed by atoms with Crippen molar-refractivity contribution in [2.24, 2.45) is 5.92 Å². The van der Waals surface area contributed by atoms with Crippen LogP contribution < -0.4 is 4.90 Å². The molecule has 1 aliphatic rings. The first-order valence-electron chi connectivity index (χ1n) is 8.31. The van der Waals surface area contributed by atoms with Crippen molar-refractivity contribution in [1.82, 2.24) is 9.88 Å². The first kappa shape index (κ1) is 16.2. The number of nitrogens with zero attached hydrogens (tertiary/aromatic N) is 3. The molecule has 0 aliphatic carbocycles. The second-order valence-electron chi connectivity index (χ2n) is 6.79. The molecule has 0 atom stereocenters. The minimum absolute atomic E-state index is 0.215. The van der Waals surface area contributed by atoms with Gasteiger partial charge in [-0.2, -0.15) is 0 Å². The maximum absolute atomic E-state index is 12.5. The molecule has 4 nitrogen and oxygen atoms in total. The molecule has 1 aromatic carbocycles. The molecule has 1 aliphatic heterocycles. The predicted octanol–water partition coefficient (Wildman–Crippen LogP) is 3.61. The van der Waals surface area contributed by atoms with Crippen LogP contribution >= 0.6 is 11.3 Å². The molecule has 1 amide bonds. The maximum Gasteiger partial charge on any atom is 0.242 e. The van der Waals surface area contributed by atoms with Crippen molar-refractivity contribution in [1.29, 1.82) is 0 Å². The van der Waals surface area contributed by atoms with E-state index in [1.54, 1.807) is 11.3 Å². The summed E-state index contributed by atoms with van der Waals surface area (Å²) in [6.07, 6.45) is 2.24. The molecule has 1 aromatic heterocycles. The van der Waals surface area contributed by atoms with Gasteiger partial charge in [0, 0.05) is 20.1 Å². The van der Waals surface area contributed by atoms with Crippen LogP contribution in [-0.4, -0.2) is 42.5 Å². The molecular weight excluding hydrogens is 306 g/mol. The Morgan fingerprint density at radius 2 is 1.96 bits per heavy atom. The van der Waals surface area contributed by atoms with E-state index in [1.165, 1.54) is 15.8 Å². The molecule has 0 saturated carbocycles. The second-order valence-corrected chi connectivity index (χ2v) is 7.77. The lowest BCUT2D eigenvalue weighted by Crippen LogP contribution is -2.43. The van der Waals surface area contributed by atoms with Gasteiger partial charge in [0.25, 0.3) is 0 Å². The van der Waals surface area contributed by atoms with Crippen LogP contribution in [-0.2, 0) is 4.79 Å². The fourth-order valence-electron chi connectivity index (χ4n) is 3.04. The van der Waals surface area contributed by atoms with E-state index in [9.17, 15) is 4.79 Å². The Kier molecular flexibility index (Phi) is 4.57. The van der Waals surface area contributed by atoms with Crippen LogP contribution in [0.5, 0.6) is 0 Å². The number of piperidine rings is 1. The lowest BCUT2D eigenvalue weighted by molar-refractivity contribution is -0.130. The zero-order chi connectivity index (χ0) is 16.6. The van der Waals surface area contributed by atoms with Gasteiger partial charge in [-0.05, 0) is 43.7 Å². The Balaban J connectivity index is 1.73. The number of thiazole rings is 1. The monoisotopic (exact) mass is 331 g/mol. The number of likely N-dealkylation sites (tertiary alicyclic amines) is 1.